The number of carbonyl (C=O) groups excluding carboxylic acids is 1. The highest BCUT2D eigenvalue weighted by molar-refractivity contribution is 7.08. The Morgan fingerprint density at radius 2 is 2.33 bits per heavy atom. The molecule has 0 aliphatic heterocycles. The summed E-state index contributed by atoms with van der Waals surface area (Å²) in [5, 5.41) is 2.56. The molecule has 0 bridgehead atoms. The summed E-state index contributed by atoms with van der Waals surface area (Å²) in [5.41, 5.74) is 0.985. The molecule has 1 rings (SSSR count). The Balaban J connectivity index is 2.84. The molecule has 0 aliphatic carbocycles. The zero-order chi connectivity index (χ0) is 9.14. The summed E-state index contributed by atoms with van der Waals surface area (Å²) in [5.74, 6) is 0.332. The Labute approximate surface area is 76.0 Å². The summed E-state index contributed by atoms with van der Waals surface area (Å²) >= 11 is 1.25. The fraction of sp³-hybridized carbons (Fsp3) is 0.500. The Morgan fingerprint density at radius 3 is 2.75 bits per heavy atom. The number of rotatable bonds is 2. The summed E-state index contributed by atoms with van der Waals surface area (Å²) < 4.78 is 4.17. The van der Waals surface area contributed by atoms with E-state index in [0.29, 0.717) is 10.8 Å². The number of hydrogen-bond acceptors (Lipinski definition) is 3. The second-order valence-electron chi connectivity index (χ2n) is 2.85. The molecule has 0 fully saturated rings. The molecule has 0 saturated carbocycles. The third-order valence-electron chi connectivity index (χ3n) is 1.57. The Hall–Kier alpha value is -0.900. The van der Waals surface area contributed by atoms with Gasteiger partial charge in [0.05, 0.1) is 5.69 Å². The average molecular weight is 184 g/mol. The maximum Gasteiger partial charge on any atom is 0.262 e. The van der Waals surface area contributed by atoms with Crippen LogP contribution in [0.15, 0.2) is 6.07 Å². The summed E-state index contributed by atoms with van der Waals surface area (Å²) in [6.45, 7) is 4.12. The molecule has 1 amide bonds. The van der Waals surface area contributed by atoms with Gasteiger partial charge in [-0.25, -0.2) is 0 Å². The highest BCUT2D eigenvalue weighted by Crippen LogP contribution is 2.17. The molecule has 0 atom stereocenters. The lowest BCUT2D eigenvalue weighted by atomic mass is 10.1. The van der Waals surface area contributed by atoms with Gasteiger partial charge in [-0.2, -0.15) is 4.37 Å². The molecule has 4 heteroatoms. The van der Waals surface area contributed by atoms with Gasteiger partial charge in [-0.05, 0) is 23.5 Å². The minimum Gasteiger partial charge on any atom is -0.354 e. The fourth-order valence-electron chi connectivity index (χ4n) is 0.791. The van der Waals surface area contributed by atoms with Gasteiger partial charge in [-0.15, -0.1) is 0 Å². The van der Waals surface area contributed by atoms with Crippen molar-refractivity contribution in [1.29, 1.82) is 0 Å². The normalized spacial score (nSPS) is 10.3. The van der Waals surface area contributed by atoms with Crippen molar-refractivity contribution in [1.82, 2.24) is 9.69 Å². The van der Waals surface area contributed by atoms with Crippen molar-refractivity contribution in [2.45, 2.75) is 19.8 Å². The lowest BCUT2D eigenvalue weighted by molar-refractivity contribution is 0.0967. The number of hydrogen-bond donors (Lipinski definition) is 1. The molecule has 0 radical (unpaired) electrons. The molecular weight excluding hydrogens is 172 g/mol. The molecule has 0 aromatic carbocycles. The zero-order valence-electron chi connectivity index (χ0n) is 7.42. The Bertz CT molecular complexity index is 280. The predicted molar refractivity (Wildman–Crippen MR) is 49.6 cm³/mol. The van der Waals surface area contributed by atoms with E-state index in [1.807, 2.05) is 6.07 Å². The van der Waals surface area contributed by atoms with Gasteiger partial charge >= 0.3 is 0 Å². The van der Waals surface area contributed by atoms with E-state index in [1.54, 1.807) is 7.05 Å². The smallest absolute Gasteiger partial charge is 0.262 e. The third-order valence-corrected chi connectivity index (χ3v) is 2.37. The van der Waals surface area contributed by atoms with Crippen LogP contribution in [-0.2, 0) is 0 Å². The first-order chi connectivity index (χ1) is 5.65. The van der Waals surface area contributed by atoms with E-state index < -0.39 is 0 Å². The van der Waals surface area contributed by atoms with Crippen molar-refractivity contribution in [3.05, 3.63) is 16.6 Å². The number of carbonyl (C=O) groups is 1. The Morgan fingerprint density at radius 1 is 1.67 bits per heavy atom. The van der Waals surface area contributed by atoms with Gasteiger partial charge in [0, 0.05) is 7.05 Å². The first-order valence-corrected chi connectivity index (χ1v) is 4.61. The van der Waals surface area contributed by atoms with Crippen molar-refractivity contribution in [2.24, 2.45) is 0 Å². The van der Waals surface area contributed by atoms with Crippen molar-refractivity contribution in [2.75, 3.05) is 7.05 Å². The van der Waals surface area contributed by atoms with Gasteiger partial charge in [0.25, 0.3) is 5.91 Å². The van der Waals surface area contributed by atoms with E-state index in [9.17, 15) is 4.79 Å². The van der Waals surface area contributed by atoms with E-state index in [1.165, 1.54) is 11.5 Å². The van der Waals surface area contributed by atoms with Crippen LogP contribution in [0.2, 0.25) is 0 Å². The number of amides is 1. The van der Waals surface area contributed by atoms with Gasteiger partial charge < -0.3 is 5.32 Å². The summed E-state index contributed by atoms with van der Waals surface area (Å²) in [4.78, 5) is 11.8. The standard InChI is InChI=1S/C8H12N2OS/c1-5(2)6-4-7(12-10-6)8(11)9-3/h4-5H,1-3H3,(H,9,11). The molecule has 1 aromatic heterocycles. The summed E-state index contributed by atoms with van der Waals surface area (Å²) in [6.07, 6.45) is 0. The van der Waals surface area contributed by atoms with Crippen LogP contribution in [0.25, 0.3) is 0 Å². The molecule has 1 aromatic rings. The molecular formula is C8H12N2OS. The van der Waals surface area contributed by atoms with Crippen molar-refractivity contribution < 1.29 is 4.79 Å². The Kier molecular flexibility index (Phi) is 2.81. The SMILES string of the molecule is CNC(=O)c1cc(C(C)C)ns1. The van der Waals surface area contributed by atoms with Gasteiger partial charge in [0.15, 0.2) is 0 Å². The van der Waals surface area contributed by atoms with Gasteiger partial charge in [0.1, 0.15) is 4.88 Å². The van der Waals surface area contributed by atoms with E-state index >= 15 is 0 Å². The molecule has 0 unspecified atom stereocenters. The highest BCUT2D eigenvalue weighted by atomic mass is 32.1. The van der Waals surface area contributed by atoms with Crippen LogP contribution in [-0.4, -0.2) is 17.3 Å². The molecule has 66 valence electrons. The fourth-order valence-corrected chi connectivity index (χ4v) is 1.62. The predicted octanol–water partition coefficient (Wildman–Crippen LogP) is 1.63. The first-order valence-electron chi connectivity index (χ1n) is 3.84. The monoisotopic (exact) mass is 184 g/mol. The molecule has 0 aliphatic rings. The van der Waals surface area contributed by atoms with E-state index in [4.69, 9.17) is 0 Å². The molecule has 3 nitrogen and oxygen atoms in total. The van der Waals surface area contributed by atoms with Crippen molar-refractivity contribution in [3.63, 3.8) is 0 Å². The van der Waals surface area contributed by atoms with Gasteiger partial charge in [0.2, 0.25) is 0 Å². The van der Waals surface area contributed by atoms with Crippen LogP contribution in [0.3, 0.4) is 0 Å². The molecule has 1 heterocycles. The van der Waals surface area contributed by atoms with Crippen LogP contribution in [0.4, 0.5) is 0 Å². The first kappa shape index (κ1) is 9.19. The number of nitrogens with one attached hydrogen (secondary N) is 1. The van der Waals surface area contributed by atoms with Gasteiger partial charge in [-0.3, -0.25) is 4.79 Å². The van der Waals surface area contributed by atoms with Crippen LogP contribution in [0.1, 0.15) is 35.1 Å². The van der Waals surface area contributed by atoms with Crippen LogP contribution >= 0.6 is 11.5 Å². The maximum atomic E-state index is 11.1. The largest absolute Gasteiger partial charge is 0.354 e. The number of nitrogens with zero attached hydrogens (tertiary/aromatic N) is 1. The molecule has 0 spiro atoms. The molecule has 0 saturated heterocycles. The minimum absolute atomic E-state index is 0.0561. The topological polar surface area (TPSA) is 42.0 Å². The van der Waals surface area contributed by atoms with Crippen LogP contribution in [0, 0.1) is 0 Å². The zero-order valence-corrected chi connectivity index (χ0v) is 8.23. The minimum atomic E-state index is -0.0561. The molecule has 12 heavy (non-hydrogen) atoms. The van der Waals surface area contributed by atoms with Crippen LogP contribution < -0.4 is 5.32 Å². The lowest BCUT2D eigenvalue weighted by Gasteiger charge is -1.95. The van der Waals surface area contributed by atoms with E-state index in [2.05, 4.69) is 23.5 Å². The molecule has 1 N–H and O–H groups in total. The van der Waals surface area contributed by atoms with Crippen LogP contribution in [0.5, 0.6) is 0 Å². The highest BCUT2D eigenvalue weighted by Gasteiger charge is 2.10. The lowest BCUT2D eigenvalue weighted by Crippen LogP contribution is -2.16. The third kappa shape index (κ3) is 1.82. The quantitative estimate of drug-likeness (QED) is 0.759. The summed E-state index contributed by atoms with van der Waals surface area (Å²) in [6, 6.07) is 1.84. The number of aromatic nitrogens is 1. The van der Waals surface area contributed by atoms with Crippen molar-refractivity contribution >= 4 is 17.4 Å². The van der Waals surface area contributed by atoms with Gasteiger partial charge in [-0.1, -0.05) is 13.8 Å². The van der Waals surface area contributed by atoms with Crippen molar-refractivity contribution in [3.8, 4) is 0 Å². The second-order valence-corrected chi connectivity index (χ2v) is 3.65. The average Bonchev–Trinajstić information content (AvgIpc) is 2.51. The van der Waals surface area contributed by atoms with E-state index in [0.717, 1.165) is 5.69 Å². The maximum absolute atomic E-state index is 11.1. The summed E-state index contributed by atoms with van der Waals surface area (Å²) in [7, 11) is 1.62. The van der Waals surface area contributed by atoms with E-state index in [-0.39, 0.29) is 5.91 Å². The second kappa shape index (κ2) is 3.67.